The molecule has 0 bridgehead atoms. The van der Waals surface area contributed by atoms with Crippen LogP contribution in [-0.2, 0) is 0 Å². The van der Waals surface area contributed by atoms with Gasteiger partial charge in [-0.2, -0.15) is 11.8 Å². The summed E-state index contributed by atoms with van der Waals surface area (Å²) in [5, 5.41) is 0. The van der Waals surface area contributed by atoms with Crippen molar-refractivity contribution in [3.8, 4) is 0 Å². The van der Waals surface area contributed by atoms with Crippen LogP contribution in [0.25, 0.3) is 0 Å². The summed E-state index contributed by atoms with van der Waals surface area (Å²) in [6.07, 6.45) is 1.24. The Kier molecular flexibility index (Phi) is 6.02. The maximum Gasteiger partial charge on any atom is -0.00255 e. The topological polar surface area (TPSA) is 26.0 Å². The second-order valence-corrected chi connectivity index (χ2v) is 5.74. The number of nitrogens with two attached hydrogens (primary N) is 1. The molecule has 1 nitrogen and oxygen atoms in total. The molecule has 74 valence electrons. The molecule has 0 saturated heterocycles. The molecule has 0 aromatic carbocycles. The molecular formula is C10H23NS. The molecule has 0 heterocycles. The molecule has 0 aliphatic carbocycles. The first-order valence-electron chi connectivity index (χ1n) is 4.76. The normalized spacial score (nSPS) is 12.5. The molecule has 0 fully saturated rings. The van der Waals surface area contributed by atoms with Gasteiger partial charge < -0.3 is 5.73 Å². The Balaban J connectivity index is 3.31. The van der Waals surface area contributed by atoms with Crippen LogP contribution in [0.2, 0.25) is 0 Å². The van der Waals surface area contributed by atoms with Gasteiger partial charge in [-0.3, -0.25) is 0 Å². The van der Waals surface area contributed by atoms with E-state index in [9.17, 15) is 0 Å². The van der Waals surface area contributed by atoms with E-state index >= 15 is 0 Å². The largest absolute Gasteiger partial charge is 0.330 e. The van der Waals surface area contributed by atoms with E-state index in [-0.39, 0.29) is 0 Å². The van der Waals surface area contributed by atoms with Crippen molar-refractivity contribution in [2.24, 2.45) is 17.1 Å². The fourth-order valence-electron chi connectivity index (χ4n) is 0.770. The Labute approximate surface area is 81.5 Å². The molecule has 0 spiro atoms. The lowest BCUT2D eigenvalue weighted by Crippen LogP contribution is -2.24. The molecule has 2 N–H and O–H groups in total. The molecule has 2 heteroatoms. The Morgan fingerprint density at radius 2 is 1.92 bits per heavy atom. The fraction of sp³-hybridized carbons (Fsp3) is 1.00. The van der Waals surface area contributed by atoms with Crippen LogP contribution in [-0.4, -0.2) is 18.1 Å². The summed E-state index contributed by atoms with van der Waals surface area (Å²) >= 11 is 2.05. The molecule has 0 rings (SSSR count). The second kappa shape index (κ2) is 5.87. The van der Waals surface area contributed by atoms with Crippen molar-refractivity contribution in [3.05, 3.63) is 0 Å². The van der Waals surface area contributed by atoms with Crippen LogP contribution in [0.15, 0.2) is 0 Å². The molecule has 0 aromatic heterocycles. The highest BCUT2D eigenvalue weighted by atomic mass is 32.2. The Morgan fingerprint density at radius 3 is 2.33 bits per heavy atom. The number of rotatable bonds is 6. The van der Waals surface area contributed by atoms with Crippen molar-refractivity contribution in [1.29, 1.82) is 0 Å². The SMILES string of the molecule is CC(C)CSCCC(C)(C)CN. The van der Waals surface area contributed by atoms with Gasteiger partial charge in [-0.25, -0.2) is 0 Å². The lowest BCUT2D eigenvalue weighted by Gasteiger charge is -2.21. The fourth-order valence-corrected chi connectivity index (χ4v) is 2.10. The smallest absolute Gasteiger partial charge is 0.00255 e. The summed E-state index contributed by atoms with van der Waals surface area (Å²) in [5.41, 5.74) is 5.98. The van der Waals surface area contributed by atoms with Crippen LogP contribution in [0.5, 0.6) is 0 Å². The molecule has 0 amide bonds. The van der Waals surface area contributed by atoms with Crippen LogP contribution in [0.4, 0.5) is 0 Å². The predicted octanol–water partition coefficient (Wildman–Crippen LogP) is 2.75. The van der Waals surface area contributed by atoms with Crippen LogP contribution < -0.4 is 5.73 Å². The van der Waals surface area contributed by atoms with Gasteiger partial charge in [0.1, 0.15) is 0 Å². The van der Waals surface area contributed by atoms with E-state index in [0.29, 0.717) is 5.41 Å². The van der Waals surface area contributed by atoms with E-state index in [0.717, 1.165) is 12.5 Å². The predicted molar refractivity (Wildman–Crippen MR) is 59.6 cm³/mol. The van der Waals surface area contributed by atoms with Gasteiger partial charge in [0.2, 0.25) is 0 Å². The number of hydrogen-bond donors (Lipinski definition) is 1. The first-order chi connectivity index (χ1) is 5.48. The molecule has 0 aliphatic rings. The lowest BCUT2D eigenvalue weighted by molar-refractivity contribution is 0.368. The maximum atomic E-state index is 5.64. The maximum absolute atomic E-state index is 5.64. The van der Waals surface area contributed by atoms with E-state index in [1.165, 1.54) is 17.9 Å². The summed E-state index contributed by atoms with van der Waals surface area (Å²) < 4.78 is 0. The molecule has 0 aliphatic heterocycles. The van der Waals surface area contributed by atoms with Crippen molar-refractivity contribution in [2.75, 3.05) is 18.1 Å². The van der Waals surface area contributed by atoms with Crippen molar-refractivity contribution in [2.45, 2.75) is 34.1 Å². The summed E-state index contributed by atoms with van der Waals surface area (Å²) in [6, 6.07) is 0. The van der Waals surface area contributed by atoms with E-state index in [2.05, 4.69) is 27.7 Å². The minimum atomic E-state index is 0.337. The van der Waals surface area contributed by atoms with Gasteiger partial charge in [-0.1, -0.05) is 27.7 Å². The Hall–Kier alpha value is 0.310. The molecular weight excluding hydrogens is 166 g/mol. The molecule has 0 saturated carbocycles. The zero-order valence-electron chi connectivity index (χ0n) is 8.89. The van der Waals surface area contributed by atoms with Gasteiger partial charge in [-0.05, 0) is 35.8 Å². The van der Waals surface area contributed by atoms with Gasteiger partial charge in [-0.15, -0.1) is 0 Å². The third-order valence-electron chi connectivity index (χ3n) is 1.93. The van der Waals surface area contributed by atoms with Crippen molar-refractivity contribution in [1.82, 2.24) is 0 Å². The Morgan fingerprint density at radius 1 is 1.33 bits per heavy atom. The average Bonchev–Trinajstić information content (AvgIpc) is 1.98. The van der Waals surface area contributed by atoms with Gasteiger partial charge >= 0.3 is 0 Å². The minimum Gasteiger partial charge on any atom is -0.330 e. The van der Waals surface area contributed by atoms with E-state index in [1.807, 2.05) is 11.8 Å². The van der Waals surface area contributed by atoms with Gasteiger partial charge in [0.15, 0.2) is 0 Å². The highest BCUT2D eigenvalue weighted by Gasteiger charge is 2.14. The van der Waals surface area contributed by atoms with Crippen LogP contribution in [0, 0.1) is 11.3 Å². The summed E-state index contributed by atoms with van der Waals surface area (Å²) in [6.45, 7) is 9.81. The summed E-state index contributed by atoms with van der Waals surface area (Å²) in [4.78, 5) is 0. The number of hydrogen-bond acceptors (Lipinski definition) is 2. The highest BCUT2D eigenvalue weighted by Crippen LogP contribution is 2.21. The third kappa shape index (κ3) is 6.99. The number of thioether (sulfide) groups is 1. The molecule has 12 heavy (non-hydrogen) atoms. The second-order valence-electron chi connectivity index (χ2n) is 4.59. The standard InChI is InChI=1S/C10H23NS/c1-9(2)7-12-6-5-10(3,4)8-11/h9H,5-8,11H2,1-4H3. The summed E-state index contributed by atoms with van der Waals surface area (Å²) in [5.74, 6) is 3.35. The zero-order chi connectivity index (χ0) is 9.61. The monoisotopic (exact) mass is 189 g/mol. The average molecular weight is 189 g/mol. The first kappa shape index (κ1) is 12.3. The molecule has 0 aromatic rings. The zero-order valence-corrected chi connectivity index (χ0v) is 9.71. The van der Waals surface area contributed by atoms with Crippen LogP contribution in [0.3, 0.4) is 0 Å². The van der Waals surface area contributed by atoms with Gasteiger partial charge in [0.25, 0.3) is 0 Å². The molecule has 0 radical (unpaired) electrons. The third-order valence-corrected chi connectivity index (χ3v) is 3.32. The minimum absolute atomic E-state index is 0.337. The van der Waals surface area contributed by atoms with Gasteiger partial charge in [0, 0.05) is 0 Å². The van der Waals surface area contributed by atoms with Crippen LogP contribution in [0.1, 0.15) is 34.1 Å². The quantitative estimate of drug-likeness (QED) is 0.650. The van der Waals surface area contributed by atoms with Crippen molar-refractivity contribution < 1.29 is 0 Å². The van der Waals surface area contributed by atoms with Gasteiger partial charge in [0.05, 0.1) is 0 Å². The van der Waals surface area contributed by atoms with E-state index in [4.69, 9.17) is 5.73 Å². The molecule has 0 atom stereocenters. The Bertz CT molecular complexity index is 110. The highest BCUT2D eigenvalue weighted by molar-refractivity contribution is 7.99. The van der Waals surface area contributed by atoms with E-state index in [1.54, 1.807) is 0 Å². The molecule has 0 unspecified atom stereocenters. The summed E-state index contributed by atoms with van der Waals surface area (Å²) in [7, 11) is 0. The van der Waals surface area contributed by atoms with E-state index < -0.39 is 0 Å². The lowest BCUT2D eigenvalue weighted by atomic mass is 9.91. The first-order valence-corrected chi connectivity index (χ1v) is 5.91. The van der Waals surface area contributed by atoms with Crippen LogP contribution >= 0.6 is 11.8 Å². The van der Waals surface area contributed by atoms with Crippen molar-refractivity contribution in [3.63, 3.8) is 0 Å². The van der Waals surface area contributed by atoms with Crippen molar-refractivity contribution >= 4 is 11.8 Å².